The fraction of sp³-hybridized carbons (Fsp3) is 0.650. The van der Waals surface area contributed by atoms with Crippen molar-refractivity contribution in [3.05, 3.63) is 35.4 Å². The molecular formula is C20H28N2O2. The highest BCUT2D eigenvalue weighted by atomic mass is 16.3. The molecule has 4 nitrogen and oxygen atoms in total. The average molecular weight is 328 g/mol. The molecule has 0 atom stereocenters. The average Bonchev–Trinajstić information content (AvgIpc) is 3.02. The maximum atomic E-state index is 12.7. The molecule has 1 aromatic carbocycles. The van der Waals surface area contributed by atoms with Gasteiger partial charge in [0.1, 0.15) is 0 Å². The molecule has 2 aliphatic carbocycles. The van der Waals surface area contributed by atoms with Crippen LogP contribution in [0.25, 0.3) is 0 Å². The standard InChI is InChI=1S/C20H28N2O2/c23-19(22-14-12-21(13-15-22)18-4-3-5-18)16-6-8-17(9-7-16)20(24)10-1-2-11-20/h6-9,18,24H,1-5,10-15H2. The summed E-state index contributed by atoms with van der Waals surface area (Å²) < 4.78 is 0. The number of aliphatic hydroxyl groups is 1. The van der Waals surface area contributed by atoms with Gasteiger partial charge in [0, 0.05) is 37.8 Å². The number of carbonyl (C=O) groups is 1. The topological polar surface area (TPSA) is 43.8 Å². The molecule has 24 heavy (non-hydrogen) atoms. The number of carbonyl (C=O) groups excluding carboxylic acids is 1. The van der Waals surface area contributed by atoms with Gasteiger partial charge in [0.05, 0.1) is 5.60 Å². The predicted octanol–water partition coefficient (Wildman–Crippen LogP) is 2.76. The van der Waals surface area contributed by atoms with Crippen LogP contribution in [0.4, 0.5) is 0 Å². The van der Waals surface area contributed by atoms with Gasteiger partial charge in [-0.25, -0.2) is 0 Å². The normalized spacial score (nSPS) is 24.8. The van der Waals surface area contributed by atoms with E-state index >= 15 is 0 Å². The summed E-state index contributed by atoms with van der Waals surface area (Å²) >= 11 is 0. The van der Waals surface area contributed by atoms with E-state index in [4.69, 9.17) is 0 Å². The SMILES string of the molecule is O=C(c1ccc(C2(O)CCCC2)cc1)N1CCN(C2CCC2)CC1. The molecule has 1 N–H and O–H groups in total. The van der Waals surface area contributed by atoms with Crippen LogP contribution in [0, 0.1) is 0 Å². The number of hydrogen-bond acceptors (Lipinski definition) is 3. The summed E-state index contributed by atoms with van der Waals surface area (Å²) in [5.74, 6) is 0.133. The van der Waals surface area contributed by atoms with Crippen LogP contribution in [0.3, 0.4) is 0 Å². The fourth-order valence-electron chi connectivity index (χ4n) is 4.40. The highest BCUT2D eigenvalue weighted by Gasteiger charge is 2.33. The lowest BCUT2D eigenvalue weighted by atomic mass is 9.91. The maximum absolute atomic E-state index is 12.7. The Labute approximate surface area is 144 Å². The quantitative estimate of drug-likeness (QED) is 0.928. The van der Waals surface area contributed by atoms with Crippen molar-refractivity contribution < 1.29 is 9.90 Å². The third kappa shape index (κ3) is 2.98. The molecule has 0 spiro atoms. The van der Waals surface area contributed by atoms with Gasteiger partial charge in [-0.2, -0.15) is 0 Å². The molecule has 4 rings (SSSR count). The van der Waals surface area contributed by atoms with Crippen LogP contribution in [-0.2, 0) is 5.60 Å². The predicted molar refractivity (Wildman–Crippen MR) is 93.9 cm³/mol. The minimum atomic E-state index is -0.671. The number of benzene rings is 1. The van der Waals surface area contributed by atoms with Crippen LogP contribution < -0.4 is 0 Å². The highest BCUT2D eigenvalue weighted by molar-refractivity contribution is 5.94. The molecule has 1 aromatic rings. The summed E-state index contributed by atoms with van der Waals surface area (Å²) in [6, 6.07) is 8.46. The Bertz CT molecular complexity index is 580. The first-order chi connectivity index (χ1) is 11.7. The maximum Gasteiger partial charge on any atom is 0.253 e. The Kier molecular flexibility index (Phi) is 4.35. The summed E-state index contributed by atoms with van der Waals surface area (Å²) in [6.07, 6.45) is 7.87. The second-order valence-corrected chi connectivity index (χ2v) is 7.73. The van der Waals surface area contributed by atoms with Crippen molar-refractivity contribution >= 4 is 5.91 Å². The van der Waals surface area contributed by atoms with Crippen LogP contribution in [0.2, 0.25) is 0 Å². The fourth-order valence-corrected chi connectivity index (χ4v) is 4.40. The first-order valence-electron chi connectivity index (χ1n) is 9.52. The van der Waals surface area contributed by atoms with E-state index in [0.717, 1.165) is 69.0 Å². The molecule has 0 radical (unpaired) electrons. The number of hydrogen-bond donors (Lipinski definition) is 1. The summed E-state index contributed by atoms with van der Waals surface area (Å²) in [5.41, 5.74) is 1.04. The van der Waals surface area contributed by atoms with Crippen LogP contribution in [-0.4, -0.2) is 53.0 Å². The van der Waals surface area contributed by atoms with Gasteiger partial charge in [0.15, 0.2) is 0 Å². The molecule has 1 saturated heterocycles. The van der Waals surface area contributed by atoms with E-state index in [2.05, 4.69) is 4.90 Å². The molecule has 3 fully saturated rings. The van der Waals surface area contributed by atoms with Gasteiger partial charge in [0.25, 0.3) is 5.91 Å². The second-order valence-electron chi connectivity index (χ2n) is 7.73. The lowest BCUT2D eigenvalue weighted by Crippen LogP contribution is -2.53. The van der Waals surface area contributed by atoms with Crippen molar-refractivity contribution in [3.63, 3.8) is 0 Å². The largest absolute Gasteiger partial charge is 0.385 e. The first-order valence-corrected chi connectivity index (χ1v) is 9.52. The molecule has 130 valence electrons. The third-order valence-electron chi connectivity index (χ3n) is 6.29. The number of rotatable bonds is 3. The molecule has 0 unspecified atom stereocenters. The summed E-state index contributed by atoms with van der Waals surface area (Å²) in [5, 5.41) is 10.6. The van der Waals surface area contributed by atoms with Crippen LogP contribution in [0.15, 0.2) is 24.3 Å². The third-order valence-corrected chi connectivity index (χ3v) is 6.29. The van der Waals surface area contributed by atoms with Crippen molar-refractivity contribution in [2.24, 2.45) is 0 Å². The van der Waals surface area contributed by atoms with E-state index in [1.165, 1.54) is 19.3 Å². The van der Waals surface area contributed by atoms with Crippen molar-refractivity contribution in [2.75, 3.05) is 26.2 Å². The molecule has 2 saturated carbocycles. The monoisotopic (exact) mass is 328 g/mol. The zero-order chi connectivity index (χ0) is 16.6. The Morgan fingerprint density at radius 2 is 1.58 bits per heavy atom. The number of nitrogens with zero attached hydrogens (tertiary/aromatic N) is 2. The van der Waals surface area contributed by atoms with E-state index < -0.39 is 5.60 Å². The lowest BCUT2D eigenvalue weighted by molar-refractivity contribution is 0.0434. The zero-order valence-corrected chi connectivity index (χ0v) is 14.4. The van der Waals surface area contributed by atoms with Crippen molar-refractivity contribution in [1.82, 2.24) is 9.80 Å². The van der Waals surface area contributed by atoms with Crippen molar-refractivity contribution in [1.29, 1.82) is 0 Å². The smallest absolute Gasteiger partial charge is 0.253 e. The Morgan fingerprint density at radius 1 is 0.958 bits per heavy atom. The molecule has 1 aliphatic heterocycles. The van der Waals surface area contributed by atoms with E-state index in [-0.39, 0.29) is 5.91 Å². The Balaban J connectivity index is 1.38. The first kappa shape index (κ1) is 16.1. The van der Waals surface area contributed by atoms with Gasteiger partial charge in [-0.1, -0.05) is 31.4 Å². The van der Waals surface area contributed by atoms with Crippen LogP contribution >= 0.6 is 0 Å². The van der Waals surface area contributed by atoms with Gasteiger partial charge in [-0.3, -0.25) is 9.69 Å². The van der Waals surface area contributed by atoms with E-state index in [1.54, 1.807) is 0 Å². The van der Waals surface area contributed by atoms with E-state index in [1.807, 2.05) is 29.2 Å². The van der Waals surface area contributed by atoms with Gasteiger partial charge < -0.3 is 10.0 Å². The van der Waals surface area contributed by atoms with Gasteiger partial charge >= 0.3 is 0 Å². The minimum absolute atomic E-state index is 0.133. The molecule has 1 amide bonds. The molecule has 1 heterocycles. The number of piperazine rings is 1. The summed E-state index contributed by atoms with van der Waals surface area (Å²) in [6.45, 7) is 3.69. The molecule has 0 aromatic heterocycles. The van der Waals surface area contributed by atoms with Gasteiger partial charge in [0.2, 0.25) is 0 Å². The molecule has 3 aliphatic rings. The minimum Gasteiger partial charge on any atom is -0.385 e. The molecular weight excluding hydrogens is 300 g/mol. The highest BCUT2D eigenvalue weighted by Crippen LogP contribution is 2.38. The van der Waals surface area contributed by atoms with E-state index in [0.29, 0.717) is 0 Å². The Hall–Kier alpha value is -1.39. The second kappa shape index (κ2) is 6.49. The molecule has 4 heteroatoms. The van der Waals surface area contributed by atoms with Crippen LogP contribution in [0.5, 0.6) is 0 Å². The summed E-state index contributed by atoms with van der Waals surface area (Å²) in [7, 11) is 0. The zero-order valence-electron chi connectivity index (χ0n) is 14.4. The van der Waals surface area contributed by atoms with Gasteiger partial charge in [-0.15, -0.1) is 0 Å². The molecule has 0 bridgehead atoms. The van der Waals surface area contributed by atoms with Crippen molar-refractivity contribution in [3.8, 4) is 0 Å². The number of amides is 1. The van der Waals surface area contributed by atoms with Crippen LogP contribution in [0.1, 0.15) is 60.9 Å². The van der Waals surface area contributed by atoms with Crippen molar-refractivity contribution in [2.45, 2.75) is 56.6 Å². The lowest BCUT2D eigenvalue weighted by Gasteiger charge is -2.43. The Morgan fingerprint density at radius 3 is 2.12 bits per heavy atom. The summed E-state index contributed by atoms with van der Waals surface area (Å²) in [4.78, 5) is 17.2. The van der Waals surface area contributed by atoms with Gasteiger partial charge in [-0.05, 0) is 43.4 Å². The van der Waals surface area contributed by atoms with E-state index in [9.17, 15) is 9.90 Å².